The molecule has 0 radical (unpaired) electrons. The minimum absolute atomic E-state index is 0.232. The molecule has 0 N–H and O–H groups in total. The molecule has 96 valence electrons. The number of rotatable bonds is 2. The van der Waals surface area contributed by atoms with E-state index in [4.69, 9.17) is 4.74 Å². The van der Waals surface area contributed by atoms with Gasteiger partial charge in [-0.3, -0.25) is 0 Å². The second kappa shape index (κ2) is 4.54. The Labute approximate surface area is 109 Å². The summed E-state index contributed by atoms with van der Waals surface area (Å²) in [7, 11) is -3.50. The quantitative estimate of drug-likeness (QED) is 0.812. The summed E-state index contributed by atoms with van der Waals surface area (Å²) in [4.78, 5) is 0.232. The van der Waals surface area contributed by atoms with Crippen LogP contribution >= 0.6 is 11.7 Å². The maximum Gasteiger partial charge on any atom is 0.245 e. The van der Waals surface area contributed by atoms with Crippen LogP contribution in [-0.4, -0.2) is 47.8 Å². The Kier molecular flexibility index (Phi) is 3.02. The van der Waals surface area contributed by atoms with E-state index in [-0.39, 0.29) is 4.90 Å². The van der Waals surface area contributed by atoms with Gasteiger partial charge in [-0.05, 0) is 12.1 Å². The van der Waals surface area contributed by atoms with Crippen molar-refractivity contribution in [2.75, 3.05) is 26.3 Å². The van der Waals surface area contributed by atoms with E-state index in [0.29, 0.717) is 37.3 Å². The molecule has 1 saturated heterocycles. The number of ether oxygens (including phenoxy) is 1. The first-order chi connectivity index (χ1) is 8.69. The molecular weight excluding hydrogens is 274 g/mol. The van der Waals surface area contributed by atoms with Crippen molar-refractivity contribution in [1.82, 2.24) is 13.1 Å². The van der Waals surface area contributed by atoms with Gasteiger partial charge in [0.05, 0.1) is 24.9 Å². The topological polar surface area (TPSA) is 72.4 Å². The van der Waals surface area contributed by atoms with Crippen LogP contribution in [0, 0.1) is 0 Å². The summed E-state index contributed by atoms with van der Waals surface area (Å²) >= 11 is 1.02. The molecule has 0 unspecified atom stereocenters. The standard InChI is InChI=1S/C10H11N3O3S2/c14-18(15,13-4-6-16-7-5-13)9-3-1-2-8-10(9)12-17-11-8/h1-3H,4-7H2. The first kappa shape index (κ1) is 12.0. The zero-order valence-corrected chi connectivity index (χ0v) is 11.1. The summed E-state index contributed by atoms with van der Waals surface area (Å²) in [6.45, 7) is 1.64. The highest BCUT2D eigenvalue weighted by Crippen LogP contribution is 2.24. The van der Waals surface area contributed by atoms with Crippen LogP contribution in [0.1, 0.15) is 0 Å². The third kappa shape index (κ3) is 1.91. The van der Waals surface area contributed by atoms with E-state index in [9.17, 15) is 8.42 Å². The fourth-order valence-electron chi connectivity index (χ4n) is 1.92. The largest absolute Gasteiger partial charge is 0.379 e. The Bertz CT molecular complexity index is 662. The van der Waals surface area contributed by atoms with Crippen molar-refractivity contribution in [2.24, 2.45) is 0 Å². The summed E-state index contributed by atoms with van der Waals surface area (Å²) < 4.78 is 39.8. The van der Waals surface area contributed by atoms with E-state index in [2.05, 4.69) is 8.75 Å². The lowest BCUT2D eigenvalue weighted by Crippen LogP contribution is -2.40. The number of fused-ring (bicyclic) bond motifs is 1. The average molecular weight is 285 g/mol. The molecule has 8 heteroatoms. The normalized spacial score (nSPS) is 18.2. The average Bonchev–Trinajstić information content (AvgIpc) is 2.87. The highest BCUT2D eigenvalue weighted by atomic mass is 32.2. The van der Waals surface area contributed by atoms with E-state index in [1.807, 2.05) is 0 Å². The van der Waals surface area contributed by atoms with Crippen molar-refractivity contribution < 1.29 is 13.2 Å². The highest BCUT2D eigenvalue weighted by molar-refractivity contribution is 7.89. The molecule has 1 aliphatic rings. The Morgan fingerprint density at radius 2 is 2.00 bits per heavy atom. The van der Waals surface area contributed by atoms with Gasteiger partial charge < -0.3 is 4.74 Å². The van der Waals surface area contributed by atoms with Gasteiger partial charge >= 0.3 is 0 Å². The van der Waals surface area contributed by atoms with Crippen LogP contribution in [0.4, 0.5) is 0 Å². The minimum atomic E-state index is -3.50. The fraction of sp³-hybridized carbons (Fsp3) is 0.400. The van der Waals surface area contributed by atoms with Crippen molar-refractivity contribution in [3.05, 3.63) is 18.2 Å². The van der Waals surface area contributed by atoms with Gasteiger partial charge in [0, 0.05) is 13.1 Å². The third-order valence-corrected chi connectivity index (χ3v) is 5.31. The highest BCUT2D eigenvalue weighted by Gasteiger charge is 2.28. The smallest absolute Gasteiger partial charge is 0.245 e. The van der Waals surface area contributed by atoms with Gasteiger partial charge in [0.15, 0.2) is 0 Å². The van der Waals surface area contributed by atoms with Gasteiger partial charge in [-0.15, -0.1) is 0 Å². The first-order valence-corrected chi connectivity index (χ1v) is 7.66. The molecule has 2 aromatic rings. The van der Waals surface area contributed by atoms with Gasteiger partial charge in [-0.25, -0.2) is 8.42 Å². The van der Waals surface area contributed by atoms with Crippen molar-refractivity contribution in [3.8, 4) is 0 Å². The number of hydrogen-bond donors (Lipinski definition) is 0. The van der Waals surface area contributed by atoms with Gasteiger partial charge in [0.25, 0.3) is 0 Å². The monoisotopic (exact) mass is 285 g/mol. The SMILES string of the molecule is O=S(=O)(c1cccc2nsnc12)N1CCOCC1. The van der Waals surface area contributed by atoms with Crippen LogP contribution < -0.4 is 0 Å². The molecule has 1 fully saturated rings. The van der Waals surface area contributed by atoms with Crippen LogP contribution in [0.3, 0.4) is 0 Å². The molecule has 1 aliphatic heterocycles. The molecule has 0 saturated carbocycles. The van der Waals surface area contributed by atoms with Crippen molar-refractivity contribution in [2.45, 2.75) is 4.90 Å². The molecule has 6 nitrogen and oxygen atoms in total. The summed E-state index contributed by atoms with van der Waals surface area (Å²) in [5, 5.41) is 0. The molecule has 18 heavy (non-hydrogen) atoms. The number of sulfonamides is 1. The zero-order chi connectivity index (χ0) is 12.6. The number of hydrogen-bond acceptors (Lipinski definition) is 6. The van der Waals surface area contributed by atoms with Crippen molar-refractivity contribution in [1.29, 1.82) is 0 Å². The van der Waals surface area contributed by atoms with Crippen LogP contribution in [0.5, 0.6) is 0 Å². The molecule has 2 heterocycles. The van der Waals surface area contributed by atoms with Crippen LogP contribution in [-0.2, 0) is 14.8 Å². The van der Waals surface area contributed by atoms with E-state index >= 15 is 0 Å². The van der Waals surface area contributed by atoms with Crippen molar-refractivity contribution in [3.63, 3.8) is 0 Å². The maximum absolute atomic E-state index is 12.5. The third-order valence-electron chi connectivity index (χ3n) is 2.84. The second-order valence-corrected chi connectivity index (χ2v) is 6.34. The van der Waals surface area contributed by atoms with E-state index in [1.54, 1.807) is 18.2 Å². The molecule has 0 atom stereocenters. The summed E-state index contributed by atoms with van der Waals surface area (Å²) in [6, 6.07) is 5.03. The Morgan fingerprint density at radius 1 is 1.22 bits per heavy atom. The summed E-state index contributed by atoms with van der Waals surface area (Å²) in [5.74, 6) is 0. The summed E-state index contributed by atoms with van der Waals surface area (Å²) in [6.07, 6.45) is 0. The van der Waals surface area contributed by atoms with Gasteiger partial charge in [0.2, 0.25) is 10.0 Å². The number of nitrogens with zero attached hydrogens (tertiary/aromatic N) is 3. The van der Waals surface area contributed by atoms with Crippen LogP contribution in [0.15, 0.2) is 23.1 Å². The lowest BCUT2D eigenvalue weighted by molar-refractivity contribution is 0.0730. The van der Waals surface area contributed by atoms with Crippen molar-refractivity contribution >= 4 is 32.8 Å². The van der Waals surface area contributed by atoms with E-state index in [0.717, 1.165) is 11.7 Å². The van der Waals surface area contributed by atoms with Crippen LogP contribution in [0.25, 0.3) is 11.0 Å². The summed E-state index contributed by atoms with van der Waals surface area (Å²) in [5.41, 5.74) is 1.07. The Morgan fingerprint density at radius 3 is 2.78 bits per heavy atom. The Hall–Kier alpha value is -1.09. The molecule has 0 spiro atoms. The molecule has 0 aliphatic carbocycles. The molecule has 0 bridgehead atoms. The molecule has 1 aromatic heterocycles. The lowest BCUT2D eigenvalue weighted by atomic mass is 10.3. The lowest BCUT2D eigenvalue weighted by Gasteiger charge is -2.25. The van der Waals surface area contributed by atoms with Gasteiger partial charge in [-0.2, -0.15) is 13.1 Å². The minimum Gasteiger partial charge on any atom is -0.379 e. The number of morpholine rings is 1. The number of aromatic nitrogens is 2. The van der Waals surface area contributed by atoms with E-state index < -0.39 is 10.0 Å². The van der Waals surface area contributed by atoms with Crippen LogP contribution in [0.2, 0.25) is 0 Å². The molecular formula is C10H11N3O3S2. The predicted octanol–water partition coefficient (Wildman–Crippen LogP) is 0.712. The second-order valence-electron chi connectivity index (χ2n) is 3.90. The van der Waals surface area contributed by atoms with E-state index in [1.165, 1.54) is 4.31 Å². The zero-order valence-electron chi connectivity index (χ0n) is 9.44. The first-order valence-electron chi connectivity index (χ1n) is 5.49. The van der Waals surface area contributed by atoms with Gasteiger partial charge in [0.1, 0.15) is 15.9 Å². The predicted molar refractivity (Wildman–Crippen MR) is 67.0 cm³/mol. The fourth-order valence-corrected chi connectivity index (χ4v) is 4.08. The maximum atomic E-state index is 12.5. The van der Waals surface area contributed by atoms with Gasteiger partial charge in [-0.1, -0.05) is 6.07 Å². The molecule has 3 rings (SSSR count). The Balaban J connectivity index is 2.10. The number of benzene rings is 1. The molecule has 0 amide bonds. The molecule has 1 aromatic carbocycles.